The number of carbonyl (C=O) groups is 1. The van der Waals surface area contributed by atoms with Gasteiger partial charge in [0.2, 0.25) is 0 Å². The summed E-state index contributed by atoms with van der Waals surface area (Å²) in [6.45, 7) is 4.47. The van der Waals surface area contributed by atoms with Crippen molar-refractivity contribution in [1.29, 1.82) is 0 Å². The second-order valence-electron chi connectivity index (χ2n) is 7.05. The molecule has 0 unspecified atom stereocenters. The highest BCUT2D eigenvalue weighted by Crippen LogP contribution is 2.20. The van der Waals surface area contributed by atoms with Crippen LogP contribution in [0.1, 0.15) is 48.9 Å². The molecule has 1 aliphatic heterocycles. The zero-order valence-electron chi connectivity index (χ0n) is 15.3. The SMILES string of the molecule is Cn1cc(C(=O)NCCCCCCN2CC[CH]CC2)c2ccccc21. The van der Waals surface area contributed by atoms with Gasteiger partial charge in [-0.05, 0) is 57.8 Å². The van der Waals surface area contributed by atoms with E-state index in [0.717, 1.165) is 29.4 Å². The van der Waals surface area contributed by atoms with Gasteiger partial charge in [0.05, 0.1) is 5.56 Å². The summed E-state index contributed by atoms with van der Waals surface area (Å²) in [5, 5.41) is 4.11. The van der Waals surface area contributed by atoms with Crippen molar-refractivity contribution >= 4 is 16.8 Å². The van der Waals surface area contributed by atoms with Crippen LogP contribution in [-0.2, 0) is 7.05 Å². The zero-order valence-corrected chi connectivity index (χ0v) is 15.3. The lowest BCUT2D eigenvalue weighted by Gasteiger charge is -2.26. The molecule has 1 aromatic carbocycles. The molecule has 4 nitrogen and oxygen atoms in total. The highest BCUT2D eigenvalue weighted by atomic mass is 16.1. The summed E-state index contributed by atoms with van der Waals surface area (Å²) in [7, 11) is 1.99. The van der Waals surface area contributed by atoms with E-state index in [4.69, 9.17) is 0 Å². The van der Waals surface area contributed by atoms with Crippen LogP contribution in [0.5, 0.6) is 0 Å². The molecule has 0 aliphatic carbocycles. The third kappa shape index (κ3) is 4.85. The number of benzene rings is 1. The standard InChI is InChI=1S/C21H30N3O/c1-23-17-19(18-11-5-6-12-20(18)23)21(25)22-13-7-2-3-8-14-24-15-9-4-10-16-24/h4-6,11-12,17H,2-3,7-10,13-16H2,1H3,(H,22,25). The maximum atomic E-state index is 12.4. The van der Waals surface area contributed by atoms with Crippen molar-refractivity contribution < 1.29 is 4.79 Å². The number of fused-ring (bicyclic) bond motifs is 1. The van der Waals surface area contributed by atoms with Crippen LogP contribution in [0.4, 0.5) is 0 Å². The second kappa shape index (κ2) is 9.04. The van der Waals surface area contributed by atoms with Gasteiger partial charge in [0.1, 0.15) is 0 Å². The number of nitrogens with one attached hydrogen (secondary N) is 1. The molecule has 1 amide bonds. The van der Waals surface area contributed by atoms with Crippen LogP contribution in [0.3, 0.4) is 0 Å². The van der Waals surface area contributed by atoms with Gasteiger partial charge in [0, 0.05) is 30.7 Å². The van der Waals surface area contributed by atoms with E-state index >= 15 is 0 Å². The first-order chi connectivity index (χ1) is 12.3. The zero-order chi connectivity index (χ0) is 17.5. The molecular weight excluding hydrogens is 310 g/mol. The van der Waals surface area contributed by atoms with Crippen LogP contribution in [0.15, 0.2) is 30.5 Å². The summed E-state index contributed by atoms with van der Waals surface area (Å²) < 4.78 is 2.02. The van der Waals surface area contributed by atoms with E-state index in [9.17, 15) is 4.79 Å². The molecule has 1 aliphatic rings. The van der Waals surface area contributed by atoms with E-state index in [-0.39, 0.29) is 5.91 Å². The van der Waals surface area contributed by atoms with E-state index in [0.29, 0.717) is 0 Å². The maximum Gasteiger partial charge on any atom is 0.253 e. The Hall–Kier alpha value is -1.81. The number of unbranched alkanes of at least 4 members (excludes halogenated alkanes) is 3. The largest absolute Gasteiger partial charge is 0.352 e. The minimum absolute atomic E-state index is 0.0429. The third-order valence-electron chi connectivity index (χ3n) is 5.13. The predicted molar refractivity (Wildman–Crippen MR) is 104 cm³/mol. The smallest absolute Gasteiger partial charge is 0.253 e. The quantitative estimate of drug-likeness (QED) is 0.743. The average molecular weight is 340 g/mol. The number of likely N-dealkylation sites (tertiary alicyclic amines) is 1. The van der Waals surface area contributed by atoms with Gasteiger partial charge in [0.15, 0.2) is 0 Å². The summed E-state index contributed by atoms with van der Waals surface area (Å²) in [6, 6.07) is 8.06. The Morgan fingerprint density at radius 1 is 1.08 bits per heavy atom. The van der Waals surface area contributed by atoms with Crippen LogP contribution in [-0.4, -0.2) is 41.6 Å². The molecule has 2 heterocycles. The molecule has 1 aromatic heterocycles. The molecule has 0 atom stereocenters. The fourth-order valence-electron chi connectivity index (χ4n) is 3.66. The third-order valence-corrected chi connectivity index (χ3v) is 5.13. The van der Waals surface area contributed by atoms with E-state index in [1.807, 2.05) is 42.1 Å². The fraction of sp³-hybridized carbons (Fsp3) is 0.524. The highest BCUT2D eigenvalue weighted by Gasteiger charge is 2.13. The summed E-state index contributed by atoms with van der Waals surface area (Å²) in [6.07, 6.45) is 11.6. The summed E-state index contributed by atoms with van der Waals surface area (Å²) in [5.74, 6) is 0.0429. The number of amides is 1. The number of hydrogen-bond donors (Lipinski definition) is 1. The van der Waals surface area contributed by atoms with Crippen molar-refractivity contribution in [3.63, 3.8) is 0 Å². The molecule has 25 heavy (non-hydrogen) atoms. The second-order valence-corrected chi connectivity index (χ2v) is 7.05. The lowest BCUT2D eigenvalue weighted by atomic mass is 10.1. The van der Waals surface area contributed by atoms with Gasteiger partial charge >= 0.3 is 0 Å². The first kappa shape index (κ1) is 18.0. The molecule has 0 spiro atoms. The van der Waals surface area contributed by atoms with Crippen molar-refractivity contribution in [2.75, 3.05) is 26.2 Å². The molecular formula is C21H30N3O. The Kier molecular flexibility index (Phi) is 6.51. The van der Waals surface area contributed by atoms with Gasteiger partial charge in [-0.2, -0.15) is 0 Å². The number of rotatable bonds is 8. The molecule has 1 radical (unpaired) electrons. The van der Waals surface area contributed by atoms with Crippen LogP contribution >= 0.6 is 0 Å². The predicted octanol–water partition coefficient (Wildman–Crippen LogP) is 3.77. The minimum Gasteiger partial charge on any atom is -0.352 e. The summed E-state index contributed by atoms with van der Waals surface area (Å²) >= 11 is 0. The molecule has 4 heteroatoms. The first-order valence-corrected chi connectivity index (χ1v) is 9.62. The number of para-hydroxylation sites is 1. The van der Waals surface area contributed by atoms with Crippen molar-refractivity contribution in [3.8, 4) is 0 Å². The van der Waals surface area contributed by atoms with Crippen molar-refractivity contribution in [1.82, 2.24) is 14.8 Å². The normalized spacial score (nSPS) is 15.6. The monoisotopic (exact) mass is 340 g/mol. The Bertz CT molecular complexity index is 686. The molecule has 0 bridgehead atoms. The Labute approximate surface area is 151 Å². The van der Waals surface area contributed by atoms with E-state index in [2.05, 4.69) is 16.6 Å². The van der Waals surface area contributed by atoms with Crippen LogP contribution in [0.2, 0.25) is 0 Å². The minimum atomic E-state index is 0.0429. The lowest BCUT2D eigenvalue weighted by molar-refractivity contribution is 0.0954. The molecule has 2 aromatic rings. The van der Waals surface area contributed by atoms with Gasteiger partial charge in [-0.25, -0.2) is 0 Å². The summed E-state index contributed by atoms with van der Waals surface area (Å²) in [5.41, 5.74) is 1.88. The number of aromatic nitrogens is 1. The molecule has 3 rings (SSSR count). The van der Waals surface area contributed by atoms with E-state index in [1.54, 1.807) is 0 Å². The fourth-order valence-corrected chi connectivity index (χ4v) is 3.66. The Morgan fingerprint density at radius 3 is 2.68 bits per heavy atom. The Balaban J connectivity index is 1.34. The van der Waals surface area contributed by atoms with Crippen molar-refractivity contribution in [3.05, 3.63) is 42.4 Å². The number of nitrogens with zero attached hydrogens (tertiary/aromatic N) is 2. The average Bonchev–Trinajstić information content (AvgIpc) is 2.99. The molecule has 1 fully saturated rings. The van der Waals surface area contributed by atoms with Gasteiger partial charge in [-0.1, -0.05) is 31.0 Å². The van der Waals surface area contributed by atoms with Crippen LogP contribution in [0.25, 0.3) is 10.9 Å². The van der Waals surface area contributed by atoms with Crippen molar-refractivity contribution in [2.45, 2.75) is 38.5 Å². The number of piperidine rings is 1. The molecule has 1 saturated heterocycles. The summed E-state index contributed by atoms with van der Waals surface area (Å²) in [4.78, 5) is 15.0. The highest BCUT2D eigenvalue weighted by molar-refractivity contribution is 6.06. The topological polar surface area (TPSA) is 37.3 Å². The van der Waals surface area contributed by atoms with Gasteiger partial charge < -0.3 is 14.8 Å². The van der Waals surface area contributed by atoms with Crippen LogP contribution in [0, 0.1) is 6.42 Å². The van der Waals surface area contributed by atoms with Crippen molar-refractivity contribution in [2.24, 2.45) is 7.05 Å². The number of aryl methyl sites for hydroxylation is 1. The number of carbonyl (C=O) groups excluding carboxylic acids is 1. The van der Waals surface area contributed by atoms with Gasteiger partial charge in [-0.15, -0.1) is 0 Å². The molecule has 0 saturated carbocycles. The molecule has 135 valence electrons. The van der Waals surface area contributed by atoms with Gasteiger partial charge in [-0.3, -0.25) is 4.79 Å². The lowest BCUT2D eigenvalue weighted by Crippen LogP contribution is -2.30. The van der Waals surface area contributed by atoms with E-state index in [1.165, 1.54) is 51.7 Å². The first-order valence-electron chi connectivity index (χ1n) is 9.62. The van der Waals surface area contributed by atoms with Crippen LogP contribution < -0.4 is 5.32 Å². The molecule has 1 N–H and O–H groups in total. The van der Waals surface area contributed by atoms with E-state index < -0.39 is 0 Å². The maximum absolute atomic E-state index is 12.4. The number of hydrogen-bond acceptors (Lipinski definition) is 2. The van der Waals surface area contributed by atoms with Gasteiger partial charge in [0.25, 0.3) is 5.91 Å². The Morgan fingerprint density at radius 2 is 1.84 bits per heavy atom.